The van der Waals surface area contributed by atoms with Gasteiger partial charge in [-0.3, -0.25) is 4.90 Å². The van der Waals surface area contributed by atoms with Gasteiger partial charge in [0.1, 0.15) is 12.2 Å². The first-order valence-electron chi connectivity index (χ1n) is 9.81. The molecule has 0 N–H and O–H groups in total. The molecule has 4 rings (SSSR count). The first-order chi connectivity index (χ1) is 13.2. The lowest BCUT2D eigenvalue weighted by Gasteiger charge is -2.36. The molecule has 0 aliphatic carbocycles. The molecule has 28 heavy (non-hydrogen) atoms. The molecular formula is C21H29ClN2O4. The van der Waals surface area contributed by atoms with Crippen LogP contribution in [0, 0.1) is 5.92 Å². The summed E-state index contributed by atoms with van der Waals surface area (Å²) in [6, 6.07) is 8.38. The number of rotatable bonds is 4. The molecular weight excluding hydrogens is 380 g/mol. The van der Waals surface area contributed by atoms with Crippen LogP contribution in [0.15, 0.2) is 24.3 Å². The summed E-state index contributed by atoms with van der Waals surface area (Å²) in [5.74, 6) is 0.480. The average Bonchev–Trinajstić information content (AvgIpc) is 2.92. The van der Waals surface area contributed by atoms with Gasteiger partial charge in [0.25, 0.3) is 0 Å². The maximum atomic E-state index is 12.5. The summed E-state index contributed by atoms with van der Waals surface area (Å²) in [7, 11) is 0. The number of piperidine rings is 1. The molecule has 1 aromatic rings. The summed E-state index contributed by atoms with van der Waals surface area (Å²) in [6.07, 6.45) is 2.06. The minimum Gasteiger partial charge on any atom is -0.449 e. The Hall–Kier alpha value is -1.79. The van der Waals surface area contributed by atoms with Gasteiger partial charge in [-0.25, -0.2) is 9.59 Å². The van der Waals surface area contributed by atoms with Crippen LogP contribution in [-0.2, 0) is 22.6 Å². The van der Waals surface area contributed by atoms with E-state index >= 15 is 0 Å². The van der Waals surface area contributed by atoms with Crippen molar-refractivity contribution in [2.24, 2.45) is 5.92 Å². The summed E-state index contributed by atoms with van der Waals surface area (Å²) in [4.78, 5) is 27.6. The van der Waals surface area contributed by atoms with Crippen LogP contribution < -0.4 is 0 Å². The Kier molecular flexibility index (Phi) is 6.50. The third-order valence-corrected chi connectivity index (χ3v) is 5.35. The number of hydrogen-bond acceptors (Lipinski definition) is 5. The van der Waals surface area contributed by atoms with Crippen molar-refractivity contribution in [3.05, 3.63) is 35.4 Å². The Bertz CT molecular complexity index is 701. The van der Waals surface area contributed by atoms with Crippen LogP contribution in [0.5, 0.6) is 0 Å². The molecule has 3 aliphatic rings. The SMILES string of the molecule is CC(C)(C)OC(=O)N1C[C@H]2CC[C@@H](C1)N(Cc1ccc(COC(=O)Cl)cc1)C2. The van der Waals surface area contributed by atoms with E-state index in [0.717, 1.165) is 44.6 Å². The highest BCUT2D eigenvalue weighted by Crippen LogP contribution is 2.30. The summed E-state index contributed by atoms with van der Waals surface area (Å²) in [6.45, 7) is 9.22. The Balaban J connectivity index is 1.60. The molecule has 0 unspecified atom stereocenters. The Morgan fingerprint density at radius 3 is 2.39 bits per heavy atom. The summed E-state index contributed by atoms with van der Waals surface area (Å²) in [5, 5.41) is 0. The van der Waals surface area contributed by atoms with Gasteiger partial charge in [-0.05, 0) is 50.7 Å². The summed E-state index contributed by atoms with van der Waals surface area (Å²) >= 11 is 5.20. The zero-order valence-electron chi connectivity index (χ0n) is 16.8. The lowest BCUT2D eigenvalue weighted by Crippen LogP contribution is -2.44. The molecule has 0 radical (unpaired) electrons. The maximum Gasteiger partial charge on any atom is 0.410 e. The Morgan fingerprint density at radius 1 is 1.07 bits per heavy atom. The molecule has 2 atom stereocenters. The number of benzene rings is 1. The van der Waals surface area contributed by atoms with Gasteiger partial charge in [-0.2, -0.15) is 0 Å². The molecule has 3 aliphatic heterocycles. The fourth-order valence-corrected chi connectivity index (χ4v) is 4.02. The van der Waals surface area contributed by atoms with Crippen LogP contribution in [0.3, 0.4) is 0 Å². The number of halogens is 1. The zero-order chi connectivity index (χ0) is 20.3. The van der Waals surface area contributed by atoms with E-state index in [9.17, 15) is 9.59 Å². The van der Waals surface area contributed by atoms with Gasteiger partial charge < -0.3 is 14.4 Å². The second-order valence-electron chi connectivity index (χ2n) is 8.75. The number of amides is 1. The summed E-state index contributed by atoms with van der Waals surface area (Å²) in [5.41, 5.74) is 0.851. The first kappa shape index (κ1) is 20.9. The number of hydrogen-bond donors (Lipinski definition) is 0. The number of carbonyl (C=O) groups excluding carboxylic acids is 2. The first-order valence-corrected chi connectivity index (χ1v) is 10.2. The van der Waals surface area contributed by atoms with Crippen LogP contribution in [0.4, 0.5) is 9.59 Å². The molecule has 1 aromatic carbocycles. The van der Waals surface area contributed by atoms with Crippen molar-refractivity contribution in [1.29, 1.82) is 0 Å². The minimum absolute atomic E-state index is 0.182. The monoisotopic (exact) mass is 408 g/mol. The number of nitrogens with zero attached hydrogens (tertiary/aromatic N) is 2. The van der Waals surface area contributed by atoms with E-state index in [1.165, 1.54) is 5.56 Å². The van der Waals surface area contributed by atoms with Gasteiger partial charge in [0.2, 0.25) is 0 Å². The predicted molar refractivity (Wildman–Crippen MR) is 107 cm³/mol. The van der Waals surface area contributed by atoms with E-state index in [-0.39, 0.29) is 12.7 Å². The summed E-state index contributed by atoms with van der Waals surface area (Å²) < 4.78 is 10.4. The molecule has 0 spiro atoms. The van der Waals surface area contributed by atoms with E-state index in [1.807, 2.05) is 37.8 Å². The number of carbonyl (C=O) groups is 2. The Labute approximate surface area is 171 Å². The van der Waals surface area contributed by atoms with Crippen LogP contribution in [-0.4, -0.2) is 52.6 Å². The molecule has 7 heteroatoms. The third kappa shape index (κ3) is 5.85. The molecule has 154 valence electrons. The van der Waals surface area contributed by atoms with Crippen molar-refractivity contribution in [3.8, 4) is 0 Å². The molecule has 3 fully saturated rings. The van der Waals surface area contributed by atoms with Crippen LogP contribution >= 0.6 is 11.6 Å². The smallest absolute Gasteiger partial charge is 0.410 e. The van der Waals surface area contributed by atoms with Gasteiger partial charge in [-0.15, -0.1) is 0 Å². The van der Waals surface area contributed by atoms with E-state index in [4.69, 9.17) is 21.1 Å². The molecule has 0 saturated carbocycles. The van der Waals surface area contributed by atoms with Crippen LogP contribution in [0.2, 0.25) is 0 Å². The van der Waals surface area contributed by atoms with E-state index < -0.39 is 11.0 Å². The average molecular weight is 409 g/mol. The predicted octanol–water partition coefficient (Wildman–Crippen LogP) is 4.39. The molecule has 0 aromatic heterocycles. The molecule has 3 saturated heterocycles. The van der Waals surface area contributed by atoms with Gasteiger partial charge >= 0.3 is 11.5 Å². The van der Waals surface area contributed by atoms with Crippen molar-refractivity contribution in [2.75, 3.05) is 19.6 Å². The second kappa shape index (κ2) is 8.70. The van der Waals surface area contributed by atoms with Crippen molar-refractivity contribution in [2.45, 2.75) is 58.4 Å². The second-order valence-corrected chi connectivity index (χ2v) is 9.06. The van der Waals surface area contributed by atoms with Crippen LogP contribution in [0.1, 0.15) is 44.7 Å². The van der Waals surface area contributed by atoms with Gasteiger partial charge in [0.05, 0.1) is 0 Å². The largest absolute Gasteiger partial charge is 0.449 e. The molecule has 3 heterocycles. The highest BCUT2D eigenvalue weighted by atomic mass is 35.5. The minimum atomic E-state index is -0.792. The van der Waals surface area contributed by atoms with Crippen molar-refractivity contribution in [1.82, 2.24) is 9.80 Å². The zero-order valence-corrected chi connectivity index (χ0v) is 17.6. The molecule has 2 bridgehead atoms. The van der Waals surface area contributed by atoms with Gasteiger partial charge in [-0.1, -0.05) is 24.3 Å². The lowest BCUT2D eigenvalue weighted by molar-refractivity contribution is 0.0233. The van der Waals surface area contributed by atoms with Gasteiger partial charge in [0.15, 0.2) is 0 Å². The van der Waals surface area contributed by atoms with Crippen molar-refractivity contribution in [3.63, 3.8) is 0 Å². The van der Waals surface area contributed by atoms with E-state index in [0.29, 0.717) is 12.0 Å². The van der Waals surface area contributed by atoms with E-state index in [2.05, 4.69) is 17.0 Å². The Morgan fingerprint density at radius 2 is 1.75 bits per heavy atom. The van der Waals surface area contributed by atoms with E-state index in [1.54, 1.807) is 0 Å². The molecule has 1 amide bonds. The van der Waals surface area contributed by atoms with Gasteiger partial charge in [0, 0.05) is 43.8 Å². The fourth-order valence-electron chi connectivity index (χ4n) is 3.96. The quantitative estimate of drug-likeness (QED) is 0.691. The highest BCUT2D eigenvalue weighted by Gasteiger charge is 2.37. The fraction of sp³-hybridized carbons (Fsp3) is 0.619. The lowest BCUT2D eigenvalue weighted by atomic mass is 9.94. The molecule has 6 nitrogen and oxygen atoms in total. The van der Waals surface area contributed by atoms with Crippen molar-refractivity contribution >= 4 is 23.1 Å². The maximum absolute atomic E-state index is 12.5. The van der Waals surface area contributed by atoms with Crippen molar-refractivity contribution < 1.29 is 19.1 Å². The van der Waals surface area contributed by atoms with Crippen LogP contribution in [0.25, 0.3) is 0 Å². The highest BCUT2D eigenvalue weighted by molar-refractivity contribution is 6.61. The number of fused-ring (bicyclic) bond motifs is 4. The standard InChI is InChI=1S/C21H29ClN2O4/c1-21(2,3)28-20(26)24-12-17-8-9-18(13-24)23(11-17)10-15-4-6-16(7-5-15)14-27-19(22)25/h4-7,17-18H,8-14H2,1-3H3/t17-,18-/m0/s1. The topological polar surface area (TPSA) is 59.1 Å². The number of ether oxygens (including phenoxy) is 2. The third-order valence-electron chi connectivity index (χ3n) is 5.24. The normalized spacial score (nSPS) is 22.6.